The van der Waals surface area contributed by atoms with Gasteiger partial charge in [0.15, 0.2) is 11.5 Å². The molecule has 0 amide bonds. The minimum absolute atomic E-state index is 0.148. The molecule has 0 aliphatic heterocycles. The monoisotopic (exact) mass is 448 g/mol. The number of phenols is 4. The van der Waals surface area contributed by atoms with E-state index in [1.807, 2.05) is 0 Å². The van der Waals surface area contributed by atoms with Crippen molar-refractivity contribution in [3.8, 4) is 34.1 Å². The van der Waals surface area contributed by atoms with E-state index >= 15 is 0 Å². The third kappa shape index (κ3) is 2.50. The molecule has 0 bridgehead atoms. The van der Waals surface area contributed by atoms with Gasteiger partial charge in [0.1, 0.15) is 0 Å². The average Bonchev–Trinajstić information content (AvgIpc) is 3.03. The molecule has 0 saturated carbocycles. The van der Waals surface area contributed by atoms with Gasteiger partial charge >= 0.3 is 23.9 Å². The lowest BCUT2D eigenvalue weighted by Gasteiger charge is -2.34. The molecule has 0 aromatic heterocycles. The lowest BCUT2D eigenvalue weighted by molar-refractivity contribution is -0.399. The van der Waals surface area contributed by atoms with Gasteiger partial charge in [-0.2, -0.15) is 39.5 Å². The number of hydrogen-bond acceptors (Lipinski definition) is 4. The number of phenolic OH excluding ortho intramolecular Hbond substituents is 4. The quantitative estimate of drug-likeness (QED) is 0.258. The highest BCUT2D eigenvalue weighted by atomic mass is 19.4. The Morgan fingerprint density at radius 3 is 1.70 bits per heavy atom. The first-order valence-corrected chi connectivity index (χ1v) is 7.80. The second-order valence-corrected chi connectivity index (χ2v) is 6.49. The standard InChI is InChI=1S/C17H9F9O4/c18-14(19,15(20,21)16(22,23)17(24,25)26)7-3-1-2-5-4-6-9(8(5)7)11(28)13(30)12(29)10(6)27/h1-3,27-30H,4H2. The smallest absolute Gasteiger partial charge is 0.460 e. The van der Waals surface area contributed by atoms with Crippen molar-refractivity contribution in [2.45, 2.75) is 30.4 Å². The Bertz CT molecular complexity index is 1040. The van der Waals surface area contributed by atoms with Crippen molar-refractivity contribution < 1.29 is 59.9 Å². The van der Waals surface area contributed by atoms with E-state index in [-0.39, 0.29) is 11.6 Å². The van der Waals surface area contributed by atoms with Gasteiger partial charge in [-0.25, -0.2) is 0 Å². The van der Waals surface area contributed by atoms with E-state index in [1.54, 1.807) is 0 Å². The molecule has 3 rings (SSSR count). The number of aromatic hydroxyl groups is 4. The molecule has 0 atom stereocenters. The summed E-state index contributed by atoms with van der Waals surface area (Å²) in [4.78, 5) is 0. The number of benzene rings is 2. The van der Waals surface area contributed by atoms with Crippen molar-refractivity contribution in [2.24, 2.45) is 0 Å². The average molecular weight is 448 g/mol. The van der Waals surface area contributed by atoms with Crippen molar-refractivity contribution in [1.29, 1.82) is 0 Å². The van der Waals surface area contributed by atoms with E-state index in [2.05, 4.69) is 0 Å². The topological polar surface area (TPSA) is 80.9 Å². The summed E-state index contributed by atoms with van der Waals surface area (Å²) in [6, 6.07) is 1.81. The van der Waals surface area contributed by atoms with Gasteiger partial charge in [-0.15, -0.1) is 0 Å². The first-order chi connectivity index (χ1) is 13.5. The summed E-state index contributed by atoms with van der Waals surface area (Å²) in [5, 5.41) is 39.0. The Morgan fingerprint density at radius 2 is 1.17 bits per heavy atom. The van der Waals surface area contributed by atoms with Crippen molar-refractivity contribution in [2.75, 3.05) is 0 Å². The van der Waals surface area contributed by atoms with Gasteiger partial charge in [0.05, 0.1) is 0 Å². The molecule has 0 fully saturated rings. The van der Waals surface area contributed by atoms with E-state index in [0.29, 0.717) is 6.07 Å². The molecule has 13 heteroatoms. The van der Waals surface area contributed by atoms with E-state index in [1.165, 1.54) is 0 Å². The van der Waals surface area contributed by atoms with Gasteiger partial charge in [0.25, 0.3) is 0 Å². The van der Waals surface area contributed by atoms with Gasteiger partial charge in [0.2, 0.25) is 11.5 Å². The van der Waals surface area contributed by atoms with Crippen LogP contribution in [0.4, 0.5) is 39.5 Å². The molecular weight excluding hydrogens is 439 g/mol. The van der Waals surface area contributed by atoms with Gasteiger partial charge in [-0.1, -0.05) is 18.2 Å². The molecule has 0 saturated heterocycles. The molecule has 1 aliphatic rings. The van der Waals surface area contributed by atoms with E-state index in [4.69, 9.17) is 0 Å². The Hall–Kier alpha value is -2.99. The summed E-state index contributed by atoms with van der Waals surface area (Å²) in [7, 11) is 0. The number of hydrogen-bond donors (Lipinski definition) is 4. The third-order valence-corrected chi connectivity index (χ3v) is 4.75. The fourth-order valence-electron chi connectivity index (χ4n) is 3.23. The maximum Gasteiger partial charge on any atom is 0.460 e. The van der Waals surface area contributed by atoms with Gasteiger partial charge in [0, 0.05) is 23.1 Å². The highest BCUT2D eigenvalue weighted by molar-refractivity contribution is 5.90. The largest absolute Gasteiger partial charge is 0.504 e. The molecule has 164 valence electrons. The zero-order valence-corrected chi connectivity index (χ0v) is 14.1. The minimum Gasteiger partial charge on any atom is -0.504 e. The Morgan fingerprint density at radius 1 is 0.633 bits per heavy atom. The second kappa shape index (κ2) is 6.01. The van der Waals surface area contributed by atoms with Crippen LogP contribution in [0.1, 0.15) is 16.7 Å². The maximum atomic E-state index is 14.5. The summed E-state index contributed by atoms with van der Waals surface area (Å²) in [6.45, 7) is 0. The lowest BCUT2D eigenvalue weighted by Crippen LogP contribution is -2.59. The fourth-order valence-corrected chi connectivity index (χ4v) is 3.23. The van der Waals surface area contributed by atoms with Crippen molar-refractivity contribution in [3.63, 3.8) is 0 Å². The number of rotatable bonds is 3. The van der Waals surface area contributed by atoms with Crippen LogP contribution >= 0.6 is 0 Å². The minimum atomic E-state index is -7.13. The Balaban J connectivity index is 2.33. The molecule has 0 radical (unpaired) electrons. The SMILES string of the molecule is Oc1c(O)c(O)c2c(c1O)Cc1cccc(C(F)(F)C(F)(F)C(F)(F)C(F)(F)F)c1-2. The second-order valence-electron chi connectivity index (χ2n) is 6.49. The molecule has 0 heterocycles. The molecular formula is C17H9F9O4. The summed E-state index contributed by atoms with van der Waals surface area (Å²) >= 11 is 0. The van der Waals surface area contributed by atoms with Crippen LogP contribution in [0.5, 0.6) is 23.0 Å². The zero-order chi connectivity index (χ0) is 23.0. The van der Waals surface area contributed by atoms with Gasteiger partial charge in [-0.05, 0) is 11.1 Å². The maximum absolute atomic E-state index is 14.5. The first-order valence-electron chi connectivity index (χ1n) is 7.80. The van der Waals surface area contributed by atoms with E-state index in [9.17, 15) is 59.9 Å². The van der Waals surface area contributed by atoms with Crippen LogP contribution in [-0.4, -0.2) is 38.4 Å². The van der Waals surface area contributed by atoms with Crippen LogP contribution < -0.4 is 0 Å². The molecule has 30 heavy (non-hydrogen) atoms. The van der Waals surface area contributed by atoms with Crippen LogP contribution in [0.15, 0.2) is 18.2 Å². The predicted molar refractivity (Wildman–Crippen MR) is 81.2 cm³/mol. The fraction of sp³-hybridized carbons (Fsp3) is 0.294. The Kier molecular flexibility index (Phi) is 4.35. The van der Waals surface area contributed by atoms with Crippen LogP contribution in [0, 0.1) is 0 Å². The van der Waals surface area contributed by atoms with Crippen LogP contribution in [-0.2, 0) is 12.3 Å². The number of fused-ring (bicyclic) bond motifs is 3. The Labute approximate surface area is 160 Å². The van der Waals surface area contributed by atoms with E-state index < -0.39 is 75.6 Å². The third-order valence-electron chi connectivity index (χ3n) is 4.75. The summed E-state index contributed by atoms with van der Waals surface area (Å²) < 4.78 is 121. The number of alkyl halides is 9. The van der Waals surface area contributed by atoms with Crippen LogP contribution in [0.25, 0.3) is 11.1 Å². The lowest BCUT2D eigenvalue weighted by atomic mass is 9.89. The van der Waals surface area contributed by atoms with Crippen molar-refractivity contribution in [3.05, 3.63) is 34.9 Å². The van der Waals surface area contributed by atoms with Crippen molar-refractivity contribution >= 4 is 0 Å². The van der Waals surface area contributed by atoms with E-state index in [0.717, 1.165) is 6.07 Å². The van der Waals surface area contributed by atoms with Crippen LogP contribution in [0.3, 0.4) is 0 Å². The summed E-state index contributed by atoms with van der Waals surface area (Å²) in [6.07, 6.45) is -7.61. The molecule has 0 unspecified atom stereocenters. The molecule has 0 spiro atoms. The predicted octanol–water partition coefficient (Wildman–Crippen LogP) is 5.00. The summed E-state index contributed by atoms with van der Waals surface area (Å²) in [5.41, 5.74) is -4.92. The highest BCUT2D eigenvalue weighted by Crippen LogP contribution is 2.61. The highest BCUT2D eigenvalue weighted by Gasteiger charge is 2.82. The summed E-state index contributed by atoms with van der Waals surface area (Å²) in [5.74, 6) is -25.4. The van der Waals surface area contributed by atoms with Crippen molar-refractivity contribution in [1.82, 2.24) is 0 Å². The molecule has 4 N–H and O–H groups in total. The van der Waals surface area contributed by atoms with Gasteiger partial charge in [-0.3, -0.25) is 0 Å². The first kappa shape index (κ1) is 21.7. The molecule has 2 aromatic rings. The normalized spacial score (nSPS) is 14.6. The number of halogens is 9. The van der Waals surface area contributed by atoms with Gasteiger partial charge < -0.3 is 20.4 Å². The molecule has 4 nitrogen and oxygen atoms in total. The van der Waals surface area contributed by atoms with Crippen LogP contribution in [0.2, 0.25) is 0 Å². The molecule has 2 aromatic carbocycles. The zero-order valence-electron chi connectivity index (χ0n) is 14.1. The molecule has 1 aliphatic carbocycles.